The summed E-state index contributed by atoms with van der Waals surface area (Å²) in [6, 6.07) is 14.7. The van der Waals surface area contributed by atoms with E-state index in [1.165, 1.54) is 0 Å². The standard InChI is InChI=1S/C17H19N3O2/c1-12-8-9-16(21)15(10-12)13(2)19-20-17(22)11-18-14-6-4-3-5-7-14/h3-10,18,21H,11H2,1-2H3,(H,20,22)/b19-13-. The molecule has 114 valence electrons. The van der Waals surface area contributed by atoms with E-state index in [9.17, 15) is 9.90 Å². The van der Waals surface area contributed by atoms with Crippen LogP contribution in [-0.2, 0) is 4.79 Å². The van der Waals surface area contributed by atoms with Crippen LogP contribution in [0.2, 0.25) is 0 Å². The van der Waals surface area contributed by atoms with Crippen LogP contribution < -0.4 is 10.7 Å². The van der Waals surface area contributed by atoms with Crippen molar-refractivity contribution in [2.75, 3.05) is 11.9 Å². The van der Waals surface area contributed by atoms with E-state index in [1.807, 2.05) is 49.4 Å². The molecule has 0 radical (unpaired) electrons. The maximum atomic E-state index is 11.8. The molecule has 0 heterocycles. The van der Waals surface area contributed by atoms with Gasteiger partial charge in [-0.05, 0) is 38.1 Å². The van der Waals surface area contributed by atoms with Crippen LogP contribution >= 0.6 is 0 Å². The van der Waals surface area contributed by atoms with Gasteiger partial charge in [0.1, 0.15) is 5.75 Å². The van der Waals surface area contributed by atoms with Gasteiger partial charge in [0.25, 0.3) is 5.91 Å². The smallest absolute Gasteiger partial charge is 0.259 e. The number of hydrogen-bond donors (Lipinski definition) is 3. The topological polar surface area (TPSA) is 73.7 Å². The van der Waals surface area contributed by atoms with E-state index in [-0.39, 0.29) is 18.2 Å². The number of carbonyl (C=O) groups excluding carboxylic acids is 1. The summed E-state index contributed by atoms with van der Waals surface area (Å²) >= 11 is 0. The lowest BCUT2D eigenvalue weighted by molar-refractivity contribution is -0.119. The average molecular weight is 297 g/mol. The van der Waals surface area contributed by atoms with Gasteiger partial charge in [0.15, 0.2) is 0 Å². The molecule has 0 spiro atoms. The van der Waals surface area contributed by atoms with Gasteiger partial charge < -0.3 is 10.4 Å². The summed E-state index contributed by atoms with van der Waals surface area (Å²) in [5, 5.41) is 16.8. The molecule has 5 heteroatoms. The van der Waals surface area contributed by atoms with Crippen LogP contribution in [0.3, 0.4) is 0 Å². The number of amides is 1. The van der Waals surface area contributed by atoms with Gasteiger partial charge in [0, 0.05) is 11.3 Å². The number of phenolic OH excluding ortho intramolecular Hbond substituents is 1. The Morgan fingerprint density at radius 2 is 1.91 bits per heavy atom. The monoisotopic (exact) mass is 297 g/mol. The molecule has 2 rings (SSSR count). The molecule has 0 unspecified atom stereocenters. The zero-order valence-corrected chi connectivity index (χ0v) is 12.6. The highest BCUT2D eigenvalue weighted by Crippen LogP contribution is 2.18. The van der Waals surface area contributed by atoms with Gasteiger partial charge in [-0.25, -0.2) is 5.43 Å². The van der Waals surface area contributed by atoms with Crippen molar-refractivity contribution in [1.82, 2.24) is 5.43 Å². The summed E-state index contributed by atoms with van der Waals surface area (Å²) in [5.41, 5.74) is 5.51. The molecule has 0 saturated carbocycles. The van der Waals surface area contributed by atoms with E-state index >= 15 is 0 Å². The predicted octanol–water partition coefficient (Wildman–Crippen LogP) is 2.65. The summed E-state index contributed by atoms with van der Waals surface area (Å²) in [6.07, 6.45) is 0. The molecular formula is C17H19N3O2. The third kappa shape index (κ3) is 4.34. The zero-order valence-electron chi connectivity index (χ0n) is 12.6. The van der Waals surface area contributed by atoms with Crippen molar-refractivity contribution in [1.29, 1.82) is 0 Å². The lowest BCUT2D eigenvalue weighted by Gasteiger charge is -2.07. The van der Waals surface area contributed by atoms with Crippen molar-refractivity contribution in [2.45, 2.75) is 13.8 Å². The first-order chi connectivity index (χ1) is 10.6. The Morgan fingerprint density at radius 3 is 2.64 bits per heavy atom. The first-order valence-electron chi connectivity index (χ1n) is 6.98. The third-order valence-corrected chi connectivity index (χ3v) is 3.12. The molecule has 2 aromatic carbocycles. The number of phenols is 1. The largest absolute Gasteiger partial charge is 0.507 e. The lowest BCUT2D eigenvalue weighted by atomic mass is 10.1. The first kappa shape index (κ1) is 15.6. The van der Waals surface area contributed by atoms with Crippen molar-refractivity contribution in [3.8, 4) is 5.75 Å². The minimum absolute atomic E-state index is 0.126. The summed E-state index contributed by atoms with van der Waals surface area (Å²) in [6.45, 7) is 3.79. The summed E-state index contributed by atoms with van der Waals surface area (Å²) < 4.78 is 0. The highest BCUT2D eigenvalue weighted by molar-refractivity contribution is 6.01. The second-order valence-corrected chi connectivity index (χ2v) is 4.97. The number of hydrogen-bond acceptors (Lipinski definition) is 4. The summed E-state index contributed by atoms with van der Waals surface area (Å²) in [7, 11) is 0. The molecule has 0 saturated heterocycles. The van der Waals surface area contributed by atoms with Gasteiger partial charge in [-0.1, -0.05) is 29.8 Å². The second kappa shape index (κ2) is 7.26. The number of anilines is 1. The Hall–Kier alpha value is -2.82. The van der Waals surface area contributed by atoms with Gasteiger partial charge >= 0.3 is 0 Å². The second-order valence-electron chi connectivity index (χ2n) is 4.97. The van der Waals surface area contributed by atoms with E-state index in [0.717, 1.165) is 11.3 Å². The van der Waals surface area contributed by atoms with E-state index in [1.54, 1.807) is 13.0 Å². The van der Waals surface area contributed by atoms with Gasteiger partial charge in [-0.15, -0.1) is 0 Å². The SMILES string of the molecule is C/C(=N/NC(=O)CNc1ccccc1)c1cc(C)ccc1O. The molecule has 0 bridgehead atoms. The van der Waals surface area contributed by atoms with Crippen molar-refractivity contribution in [3.63, 3.8) is 0 Å². The maximum Gasteiger partial charge on any atom is 0.259 e. The third-order valence-electron chi connectivity index (χ3n) is 3.12. The molecule has 0 aromatic heterocycles. The maximum absolute atomic E-state index is 11.8. The van der Waals surface area contributed by atoms with Crippen LogP contribution in [0.25, 0.3) is 0 Å². The van der Waals surface area contributed by atoms with Gasteiger partial charge in [0.05, 0.1) is 12.3 Å². The van der Waals surface area contributed by atoms with Crippen LogP contribution in [0.1, 0.15) is 18.1 Å². The number of aromatic hydroxyl groups is 1. The lowest BCUT2D eigenvalue weighted by Crippen LogP contribution is -2.26. The van der Waals surface area contributed by atoms with Gasteiger partial charge in [0.2, 0.25) is 0 Å². The molecule has 0 aliphatic rings. The Labute approximate surface area is 129 Å². The average Bonchev–Trinajstić information content (AvgIpc) is 2.54. The van der Waals surface area contributed by atoms with Gasteiger partial charge in [-0.3, -0.25) is 4.79 Å². The van der Waals surface area contributed by atoms with E-state index in [4.69, 9.17) is 0 Å². The number of hydrazone groups is 1. The number of nitrogens with one attached hydrogen (secondary N) is 2. The normalized spacial score (nSPS) is 11.1. The fourth-order valence-corrected chi connectivity index (χ4v) is 1.92. The van der Waals surface area contributed by atoms with Crippen molar-refractivity contribution in [3.05, 3.63) is 59.7 Å². The molecular weight excluding hydrogens is 278 g/mol. The minimum Gasteiger partial charge on any atom is -0.507 e. The molecule has 0 aliphatic carbocycles. The highest BCUT2D eigenvalue weighted by atomic mass is 16.3. The van der Waals surface area contributed by atoms with Crippen LogP contribution in [0, 0.1) is 6.92 Å². The van der Waals surface area contributed by atoms with Crippen LogP contribution in [0.4, 0.5) is 5.69 Å². The molecule has 1 amide bonds. The molecule has 0 fully saturated rings. The van der Waals surface area contributed by atoms with Crippen LogP contribution in [0.5, 0.6) is 5.75 Å². The summed E-state index contributed by atoms with van der Waals surface area (Å²) in [4.78, 5) is 11.8. The fraction of sp³-hybridized carbons (Fsp3) is 0.176. The Balaban J connectivity index is 1.93. The van der Waals surface area contributed by atoms with E-state index in [0.29, 0.717) is 11.3 Å². The van der Waals surface area contributed by atoms with Crippen molar-refractivity contribution in [2.24, 2.45) is 5.10 Å². The summed E-state index contributed by atoms with van der Waals surface area (Å²) in [5.74, 6) is -0.112. The minimum atomic E-state index is -0.254. The molecule has 22 heavy (non-hydrogen) atoms. The van der Waals surface area contributed by atoms with Crippen LogP contribution in [-0.4, -0.2) is 23.3 Å². The molecule has 2 aromatic rings. The fourth-order valence-electron chi connectivity index (χ4n) is 1.92. The van der Waals surface area contributed by atoms with Gasteiger partial charge in [-0.2, -0.15) is 5.10 Å². The molecule has 0 atom stereocenters. The molecule has 0 aliphatic heterocycles. The molecule has 3 N–H and O–H groups in total. The number of carbonyl (C=O) groups is 1. The zero-order chi connectivity index (χ0) is 15.9. The molecule has 5 nitrogen and oxygen atoms in total. The predicted molar refractivity (Wildman–Crippen MR) is 88.1 cm³/mol. The number of para-hydroxylation sites is 1. The number of rotatable bonds is 5. The first-order valence-corrected chi connectivity index (χ1v) is 6.98. The Bertz CT molecular complexity index is 682. The Kier molecular flexibility index (Phi) is 5.14. The van der Waals surface area contributed by atoms with E-state index < -0.39 is 0 Å². The quantitative estimate of drug-likeness (QED) is 0.587. The number of nitrogens with zero attached hydrogens (tertiary/aromatic N) is 1. The Morgan fingerprint density at radius 1 is 1.18 bits per heavy atom. The van der Waals surface area contributed by atoms with Crippen LogP contribution in [0.15, 0.2) is 53.6 Å². The number of aryl methyl sites for hydroxylation is 1. The van der Waals surface area contributed by atoms with Crippen molar-refractivity contribution < 1.29 is 9.90 Å². The van der Waals surface area contributed by atoms with E-state index in [2.05, 4.69) is 15.8 Å². The number of benzene rings is 2. The van der Waals surface area contributed by atoms with Crippen molar-refractivity contribution >= 4 is 17.3 Å². The highest BCUT2D eigenvalue weighted by Gasteiger charge is 2.06.